The highest BCUT2D eigenvalue weighted by Gasteiger charge is 2.22. The molecule has 29 heavy (non-hydrogen) atoms. The van der Waals surface area contributed by atoms with E-state index in [1.807, 2.05) is 43.0 Å². The lowest BCUT2D eigenvalue weighted by Crippen LogP contribution is -2.49. The Morgan fingerprint density at radius 1 is 1.24 bits per heavy atom. The third-order valence-corrected chi connectivity index (χ3v) is 4.57. The number of nitrogens with one attached hydrogen (secondary N) is 2. The molecule has 1 atom stereocenters. The van der Waals surface area contributed by atoms with Crippen LogP contribution in [-0.4, -0.2) is 69.3 Å². The number of hydrogen-bond donors (Lipinski definition) is 2. The van der Waals surface area contributed by atoms with Crippen molar-refractivity contribution >= 4 is 29.9 Å². The maximum absolute atomic E-state index is 12.5. The van der Waals surface area contributed by atoms with E-state index in [1.54, 1.807) is 7.11 Å². The van der Waals surface area contributed by atoms with E-state index >= 15 is 0 Å². The third-order valence-electron chi connectivity index (χ3n) is 4.57. The molecule has 2 rings (SSSR count). The van der Waals surface area contributed by atoms with Gasteiger partial charge in [0.15, 0.2) is 17.5 Å². The van der Waals surface area contributed by atoms with Crippen LogP contribution in [-0.2, 0) is 0 Å². The first kappa shape index (κ1) is 25.7. The summed E-state index contributed by atoms with van der Waals surface area (Å²) in [5.74, 6) is 2.11. The van der Waals surface area contributed by atoms with Gasteiger partial charge in [-0.2, -0.15) is 0 Å². The van der Waals surface area contributed by atoms with Crippen molar-refractivity contribution in [2.24, 2.45) is 4.99 Å². The van der Waals surface area contributed by atoms with Crippen molar-refractivity contribution in [1.82, 2.24) is 15.5 Å². The predicted octanol–water partition coefficient (Wildman–Crippen LogP) is 3.37. The summed E-state index contributed by atoms with van der Waals surface area (Å²) in [6.45, 7) is 6.41. The molecular formula is C20H33F2IN4O2. The Hall–Kier alpha value is -1.36. The van der Waals surface area contributed by atoms with Gasteiger partial charge < -0.3 is 20.1 Å². The molecule has 0 radical (unpaired) electrons. The largest absolute Gasteiger partial charge is 0.493 e. The minimum absolute atomic E-state index is 0. The number of methoxy groups -OCH3 is 1. The number of para-hydroxylation sites is 2. The topological polar surface area (TPSA) is 58.1 Å². The number of nitrogens with zero attached hydrogens (tertiary/aromatic N) is 2. The van der Waals surface area contributed by atoms with Gasteiger partial charge in [-0.05, 0) is 38.8 Å². The van der Waals surface area contributed by atoms with E-state index in [0.717, 1.165) is 25.3 Å². The van der Waals surface area contributed by atoms with Gasteiger partial charge in [0, 0.05) is 25.7 Å². The summed E-state index contributed by atoms with van der Waals surface area (Å²) in [4.78, 5) is 6.44. The average Bonchev–Trinajstić information content (AvgIpc) is 2.68. The molecule has 1 saturated heterocycles. The molecule has 1 aliphatic heterocycles. The second-order valence-electron chi connectivity index (χ2n) is 6.91. The number of guanidine groups is 1. The van der Waals surface area contributed by atoms with Crippen molar-refractivity contribution in [3.05, 3.63) is 24.3 Å². The zero-order valence-corrected chi connectivity index (χ0v) is 19.7. The van der Waals surface area contributed by atoms with Crippen LogP contribution < -0.4 is 20.1 Å². The number of alkyl halides is 2. The van der Waals surface area contributed by atoms with Crippen molar-refractivity contribution < 1.29 is 18.3 Å². The van der Waals surface area contributed by atoms with Crippen molar-refractivity contribution in [1.29, 1.82) is 0 Å². The Morgan fingerprint density at radius 3 is 2.48 bits per heavy atom. The van der Waals surface area contributed by atoms with Crippen LogP contribution in [0.25, 0.3) is 0 Å². The highest BCUT2D eigenvalue weighted by Crippen LogP contribution is 2.26. The summed E-state index contributed by atoms with van der Waals surface area (Å²) >= 11 is 0. The summed E-state index contributed by atoms with van der Waals surface area (Å²) in [5, 5.41) is 6.66. The van der Waals surface area contributed by atoms with E-state index in [-0.39, 0.29) is 42.7 Å². The first-order valence-electron chi connectivity index (χ1n) is 9.86. The van der Waals surface area contributed by atoms with Gasteiger partial charge in [0.05, 0.1) is 20.2 Å². The molecule has 0 bridgehead atoms. The van der Waals surface area contributed by atoms with E-state index in [1.165, 1.54) is 0 Å². The summed E-state index contributed by atoms with van der Waals surface area (Å²) < 4.78 is 36.2. The van der Waals surface area contributed by atoms with Crippen LogP contribution >= 0.6 is 24.0 Å². The average molecular weight is 526 g/mol. The van der Waals surface area contributed by atoms with E-state index in [0.29, 0.717) is 31.1 Å². The number of piperidine rings is 1. The minimum Gasteiger partial charge on any atom is -0.493 e. The maximum Gasteiger partial charge on any atom is 0.251 e. The molecule has 9 heteroatoms. The number of ether oxygens (including phenoxy) is 2. The molecule has 1 aromatic carbocycles. The summed E-state index contributed by atoms with van der Waals surface area (Å²) in [5.41, 5.74) is 0. The molecule has 1 aliphatic rings. The number of rotatable bonds is 9. The summed E-state index contributed by atoms with van der Waals surface area (Å²) in [7, 11) is 1.62. The Balaban J connectivity index is 0.00000420. The van der Waals surface area contributed by atoms with Gasteiger partial charge >= 0.3 is 0 Å². The van der Waals surface area contributed by atoms with E-state index in [9.17, 15) is 8.78 Å². The molecule has 0 amide bonds. The quantitative estimate of drug-likeness (QED) is 0.294. The highest BCUT2D eigenvalue weighted by atomic mass is 127. The molecule has 6 nitrogen and oxygen atoms in total. The molecule has 1 aromatic rings. The predicted molar refractivity (Wildman–Crippen MR) is 123 cm³/mol. The molecule has 166 valence electrons. The van der Waals surface area contributed by atoms with Gasteiger partial charge in [-0.3, -0.25) is 4.90 Å². The SMILES string of the molecule is CCNC(=NCC(C)Oc1ccccc1OC)NC1CCN(CC(F)F)CC1.I. The van der Waals surface area contributed by atoms with Gasteiger partial charge in [0.2, 0.25) is 0 Å². The molecule has 1 fully saturated rings. The van der Waals surface area contributed by atoms with Crippen LogP contribution in [0.5, 0.6) is 11.5 Å². The van der Waals surface area contributed by atoms with Crippen LogP contribution in [0.3, 0.4) is 0 Å². The number of halogens is 3. The maximum atomic E-state index is 12.5. The Labute approximate surface area is 189 Å². The lowest BCUT2D eigenvalue weighted by molar-refractivity contribution is 0.0744. The standard InChI is InChI=1S/C20H32F2N4O2.HI/c1-4-23-20(25-16-9-11-26(12-10-16)14-19(21)22)24-13-15(2)28-18-8-6-5-7-17(18)27-3;/h5-8,15-16,19H,4,9-14H2,1-3H3,(H2,23,24,25);1H. The zero-order valence-electron chi connectivity index (χ0n) is 17.4. The first-order valence-corrected chi connectivity index (χ1v) is 9.86. The molecule has 2 N–H and O–H groups in total. The molecule has 1 unspecified atom stereocenters. The fraction of sp³-hybridized carbons (Fsp3) is 0.650. The van der Waals surface area contributed by atoms with Crippen molar-refractivity contribution in [2.45, 2.75) is 45.3 Å². The Kier molecular flexibility index (Phi) is 12.2. The summed E-state index contributed by atoms with van der Waals surface area (Å²) in [6.07, 6.45) is -0.748. The molecule has 0 saturated carbocycles. The second-order valence-corrected chi connectivity index (χ2v) is 6.91. The number of likely N-dealkylation sites (tertiary alicyclic amines) is 1. The van der Waals surface area contributed by atoms with Gasteiger partial charge in [-0.25, -0.2) is 13.8 Å². The first-order chi connectivity index (χ1) is 13.5. The van der Waals surface area contributed by atoms with Crippen molar-refractivity contribution in [2.75, 3.05) is 39.8 Å². The number of benzene rings is 1. The van der Waals surface area contributed by atoms with Crippen molar-refractivity contribution in [3.8, 4) is 11.5 Å². The normalized spacial score (nSPS) is 16.8. The zero-order chi connectivity index (χ0) is 20.4. The van der Waals surface area contributed by atoms with E-state index < -0.39 is 6.43 Å². The number of aliphatic imine (C=N–C) groups is 1. The Morgan fingerprint density at radius 2 is 1.90 bits per heavy atom. The van der Waals surface area contributed by atoms with Gasteiger partial charge in [-0.15, -0.1) is 24.0 Å². The van der Waals surface area contributed by atoms with Crippen LogP contribution in [0.15, 0.2) is 29.3 Å². The van der Waals surface area contributed by atoms with Crippen LogP contribution in [0.4, 0.5) is 8.78 Å². The molecule has 0 spiro atoms. The third kappa shape index (κ3) is 9.33. The van der Waals surface area contributed by atoms with Crippen LogP contribution in [0.2, 0.25) is 0 Å². The molecule has 0 aromatic heterocycles. The minimum atomic E-state index is -2.27. The van der Waals surface area contributed by atoms with E-state index in [2.05, 4.69) is 15.6 Å². The van der Waals surface area contributed by atoms with Gasteiger partial charge in [0.25, 0.3) is 6.43 Å². The second kappa shape index (κ2) is 13.8. The fourth-order valence-corrected chi connectivity index (χ4v) is 3.16. The van der Waals surface area contributed by atoms with Crippen LogP contribution in [0, 0.1) is 0 Å². The molecule has 1 heterocycles. The summed E-state index contributed by atoms with van der Waals surface area (Å²) in [6, 6.07) is 7.76. The monoisotopic (exact) mass is 526 g/mol. The fourth-order valence-electron chi connectivity index (χ4n) is 3.16. The highest BCUT2D eigenvalue weighted by molar-refractivity contribution is 14.0. The van der Waals surface area contributed by atoms with Gasteiger partial charge in [0.1, 0.15) is 6.10 Å². The Bertz CT molecular complexity index is 614. The lowest BCUT2D eigenvalue weighted by atomic mass is 10.1. The van der Waals surface area contributed by atoms with Gasteiger partial charge in [-0.1, -0.05) is 12.1 Å². The van der Waals surface area contributed by atoms with E-state index in [4.69, 9.17) is 9.47 Å². The molecule has 0 aliphatic carbocycles. The lowest BCUT2D eigenvalue weighted by Gasteiger charge is -2.32. The smallest absolute Gasteiger partial charge is 0.251 e. The molecular weight excluding hydrogens is 493 g/mol. The van der Waals surface area contributed by atoms with Crippen molar-refractivity contribution in [3.63, 3.8) is 0 Å². The number of hydrogen-bond acceptors (Lipinski definition) is 4. The van der Waals surface area contributed by atoms with Crippen LogP contribution in [0.1, 0.15) is 26.7 Å².